The van der Waals surface area contributed by atoms with Gasteiger partial charge in [-0.15, -0.1) is 0 Å². The second-order valence-corrected chi connectivity index (χ2v) is 3.96. The van der Waals surface area contributed by atoms with E-state index in [0.29, 0.717) is 12.5 Å². The quantitative estimate of drug-likeness (QED) is 0.612. The summed E-state index contributed by atoms with van der Waals surface area (Å²) < 4.78 is 0. The molecule has 3 nitrogen and oxygen atoms in total. The summed E-state index contributed by atoms with van der Waals surface area (Å²) in [6.07, 6.45) is 4.69. The molecule has 0 amide bonds. The van der Waals surface area contributed by atoms with E-state index < -0.39 is 0 Å². The van der Waals surface area contributed by atoms with E-state index in [2.05, 4.69) is 4.90 Å². The van der Waals surface area contributed by atoms with Crippen molar-refractivity contribution >= 4 is 0 Å². The van der Waals surface area contributed by atoms with Gasteiger partial charge in [-0.2, -0.15) is 0 Å². The zero-order valence-electron chi connectivity index (χ0n) is 8.41. The Hall–Kier alpha value is -0.120. The molecule has 0 spiro atoms. The van der Waals surface area contributed by atoms with Crippen LogP contribution < -0.4 is 5.73 Å². The molecule has 0 aliphatic carbocycles. The van der Waals surface area contributed by atoms with Gasteiger partial charge in [0, 0.05) is 6.61 Å². The second-order valence-electron chi connectivity index (χ2n) is 3.96. The molecule has 3 N–H and O–H groups in total. The van der Waals surface area contributed by atoms with Gasteiger partial charge in [0.2, 0.25) is 0 Å². The van der Waals surface area contributed by atoms with Gasteiger partial charge in [0.15, 0.2) is 0 Å². The van der Waals surface area contributed by atoms with Crippen LogP contribution in [0.3, 0.4) is 0 Å². The Labute approximate surface area is 80.9 Å². The van der Waals surface area contributed by atoms with Gasteiger partial charge in [-0.3, -0.25) is 0 Å². The average molecular weight is 186 g/mol. The monoisotopic (exact) mass is 186 g/mol. The molecular formula is C10H22N2O. The van der Waals surface area contributed by atoms with E-state index in [-0.39, 0.29) is 0 Å². The van der Waals surface area contributed by atoms with Gasteiger partial charge in [-0.1, -0.05) is 0 Å². The number of hydrogen-bond donors (Lipinski definition) is 2. The molecule has 1 aliphatic heterocycles. The zero-order chi connectivity index (χ0) is 9.52. The Morgan fingerprint density at radius 2 is 1.92 bits per heavy atom. The van der Waals surface area contributed by atoms with Crippen molar-refractivity contribution in [3.63, 3.8) is 0 Å². The number of piperidine rings is 1. The lowest BCUT2D eigenvalue weighted by atomic mass is 9.98. The molecule has 0 bridgehead atoms. The van der Waals surface area contributed by atoms with Gasteiger partial charge >= 0.3 is 0 Å². The fourth-order valence-electron chi connectivity index (χ4n) is 1.87. The largest absolute Gasteiger partial charge is 0.396 e. The number of rotatable bonds is 5. The third kappa shape index (κ3) is 4.07. The van der Waals surface area contributed by atoms with Crippen LogP contribution >= 0.6 is 0 Å². The lowest BCUT2D eigenvalue weighted by Gasteiger charge is -2.30. The Morgan fingerprint density at radius 1 is 1.23 bits per heavy atom. The van der Waals surface area contributed by atoms with Gasteiger partial charge < -0.3 is 15.7 Å². The molecule has 0 aromatic carbocycles. The first-order valence-corrected chi connectivity index (χ1v) is 5.40. The van der Waals surface area contributed by atoms with E-state index in [1.807, 2.05) is 0 Å². The summed E-state index contributed by atoms with van der Waals surface area (Å²) in [6, 6.07) is 0. The molecule has 1 saturated heterocycles. The third-order valence-corrected chi connectivity index (χ3v) is 2.89. The SMILES string of the molecule is NCCCCN1CCC(CO)CC1. The summed E-state index contributed by atoms with van der Waals surface area (Å²) >= 11 is 0. The number of aliphatic hydroxyl groups excluding tert-OH is 1. The summed E-state index contributed by atoms with van der Waals surface area (Å²) in [4.78, 5) is 2.49. The van der Waals surface area contributed by atoms with Crippen LogP contribution in [0.25, 0.3) is 0 Å². The fraction of sp³-hybridized carbons (Fsp3) is 1.00. The highest BCUT2D eigenvalue weighted by Crippen LogP contribution is 2.16. The van der Waals surface area contributed by atoms with E-state index in [9.17, 15) is 0 Å². The van der Waals surface area contributed by atoms with Crippen LogP contribution in [0.4, 0.5) is 0 Å². The minimum atomic E-state index is 0.372. The molecule has 1 aliphatic rings. The molecule has 0 unspecified atom stereocenters. The predicted octanol–water partition coefficient (Wildman–Crippen LogP) is 0.430. The first kappa shape index (κ1) is 11.0. The van der Waals surface area contributed by atoms with E-state index in [0.717, 1.165) is 26.1 Å². The van der Waals surface area contributed by atoms with Crippen molar-refractivity contribution < 1.29 is 5.11 Å². The highest BCUT2D eigenvalue weighted by atomic mass is 16.3. The van der Waals surface area contributed by atoms with Crippen molar-refractivity contribution in [1.82, 2.24) is 4.90 Å². The lowest BCUT2D eigenvalue weighted by Crippen LogP contribution is -2.35. The van der Waals surface area contributed by atoms with Crippen molar-refractivity contribution in [3.8, 4) is 0 Å². The standard InChI is InChI=1S/C10H22N2O/c11-5-1-2-6-12-7-3-10(9-13)4-8-12/h10,13H,1-9,11H2. The number of aliphatic hydroxyl groups is 1. The molecular weight excluding hydrogens is 164 g/mol. The van der Waals surface area contributed by atoms with E-state index in [1.54, 1.807) is 0 Å². The van der Waals surface area contributed by atoms with Crippen LogP contribution in [0.2, 0.25) is 0 Å². The van der Waals surface area contributed by atoms with Gasteiger partial charge in [0.25, 0.3) is 0 Å². The topological polar surface area (TPSA) is 49.5 Å². The average Bonchev–Trinajstić information content (AvgIpc) is 2.19. The summed E-state index contributed by atoms with van der Waals surface area (Å²) in [6.45, 7) is 4.70. The maximum Gasteiger partial charge on any atom is 0.0460 e. The molecule has 0 aromatic rings. The second kappa shape index (κ2) is 6.35. The van der Waals surface area contributed by atoms with Crippen LogP contribution in [-0.4, -0.2) is 42.8 Å². The fourth-order valence-corrected chi connectivity index (χ4v) is 1.87. The predicted molar refractivity (Wildman–Crippen MR) is 54.5 cm³/mol. The molecule has 0 aromatic heterocycles. The third-order valence-electron chi connectivity index (χ3n) is 2.89. The van der Waals surface area contributed by atoms with Crippen LogP contribution in [0.5, 0.6) is 0 Å². The Bertz CT molecular complexity index is 119. The molecule has 13 heavy (non-hydrogen) atoms. The first-order chi connectivity index (χ1) is 6.36. The van der Waals surface area contributed by atoms with Gasteiger partial charge in [0.05, 0.1) is 0 Å². The Kier molecular flexibility index (Phi) is 5.35. The maximum atomic E-state index is 8.96. The van der Waals surface area contributed by atoms with Crippen molar-refractivity contribution in [2.45, 2.75) is 25.7 Å². The summed E-state index contributed by atoms with van der Waals surface area (Å²) in [5.74, 6) is 0.561. The molecule has 3 heteroatoms. The van der Waals surface area contributed by atoms with E-state index in [4.69, 9.17) is 10.8 Å². The highest BCUT2D eigenvalue weighted by molar-refractivity contribution is 4.71. The summed E-state index contributed by atoms with van der Waals surface area (Å²) in [7, 11) is 0. The summed E-state index contributed by atoms with van der Waals surface area (Å²) in [5, 5.41) is 8.96. The maximum absolute atomic E-state index is 8.96. The van der Waals surface area contributed by atoms with Crippen LogP contribution in [-0.2, 0) is 0 Å². The lowest BCUT2D eigenvalue weighted by molar-refractivity contribution is 0.130. The van der Waals surface area contributed by atoms with E-state index >= 15 is 0 Å². The van der Waals surface area contributed by atoms with Gasteiger partial charge in [-0.25, -0.2) is 0 Å². The van der Waals surface area contributed by atoms with Crippen molar-refractivity contribution in [2.75, 3.05) is 32.8 Å². The van der Waals surface area contributed by atoms with Crippen LogP contribution in [0, 0.1) is 5.92 Å². The molecule has 0 atom stereocenters. The number of unbranched alkanes of at least 4 members (excludes halogenated alkanes) is 1. The molecule has 78 valence electrons. The smallest absolute Gasteiger partial charge is 0.0460 e. The number of nitrogens with two attached hydrogens (primary N) is 1. The van der Waals surface area contributed by atoms with Crippen molar-refractivity contribution in [1.29, 1.82) is 0 Å². The van der Waals surface area contributed by atoms with Gasteiger partial charge in [-0.05, 0) is 57.8 Å². The van der Waals surface area contributed by atoms with Crippen LogP contribution in [0.1, 0.15) is 25.7 Å². The number of likely N-dealkylation sites (tertiary alicyclic amines) is 1. The van der Waals surface area contributed by atoms with Crippen LogP contribution in [0.15, 0.2) is 0 Å². The minimum absolute atomic E-state index is 0.372. The zero-order valence-corrected chi connectivity index (χ0v) is 8.41. The molecule has 0 radical (unpaired) electrons. The Balaban J connectivity index is 2.03. The number of nitrogens with zero attached hydrogens (tertiary/aromatic N) is 1. The Morgan fingerprint density at radius 3 is 2.46 bits per heavy atom. The molecule has 0 saturated carbocycles. The number of hydrogen-bond acceptors (Lipinski definition) is 3. The minimum Gasteiger partial charge on any atom is -0.396 e. The highest BCUT2D eigenvalue weighted by Gasteiger charge is 2.17. The van der Waals surface area contributed by atoms with Crippen molar-refractivity contribution in [2.24, 2.45) is 11.7 Å². The molecule has 1 rings (SSSR count). The van der Waals surface area contributed by atoms with Crippen molar-refractivity contribution in [3.05, 3.63) is 0 Å². The first-order valence-electron chi connectivity index (χ1n) is 5.40. The normalized spacial score (nSPS) is 20.8. The van der Waals surface area contributed by atoms with E-state index in [1.165, 1.54) is 25.8 Å². The summed E-state index contributed by atoms with van der Waals surface area (Å²) in [5.41, 5.74) is 5.44. The van der Waals surface area contributed by atoms with Gasteiger partial charge in [0.1, 0.15) is 0 Å². The molecule has 1 fully saturated rings. The molecule has 1 heterocycles.